The number of aromatic nitrogens is 2. The van der Waals surface area contributed by atoms with Gasteiger partial charge in [-0.25, -0.2) is 0 Å². The lowest BCUT2D eigenvalue weighted by atomic mass is 9.93. The Morgan fingerprint density at radius 3 is 3.29 bits per heavy atom. The number of hydrogen-bond donors (Lipinski definition) is 3. The number of nitrogens with zero attached hydrogens (tertiary/aromatic N) is 1. The molecule has 0 fully saturated rings. The van der Waals surface area contributed by atoms with E-state index in [0.29, 0.717) is 5.92 Å². The predicted molar refractivity (Wildman–Crippen MR) is 55.4 cm³/mol. The standard InChI is InChI=1S/C10H14N4/c1-2-7(4-11-3-1)8-5-12-10-9(8)6-13-14-10/h2,6,8,11H,1,3-5H2,(H2,12,13,14). The number of aromatic amines is 1. The minimum atomic E-state index is 0.525. The fourth-order valence-corrected chi connectivity index (χ4v) is 2.28. The van der Waals surface area contributed by atoms with Crippen LogP contribution in [0.3, 0.4) is 0 Å². The maximum Gasteiger partial charge on any atom is 0.125 e. The number of nitrogens with one attached hydrogen (secondary N) is 3. The van der Waals surface area contributed by atoms with Gasteiger partial charge in [-0.3, -0.25) is 5.10 Å². The summed E-state index contributed by atoms with van der Waals surface area (Å²) in [5, 5.41) is 13.8. The van der Waals surface area contributed by atoms with E-state index < -0.39 is 0 Å². The Balaban J connectivity index is 1.90. The van der Waals surface area contributed by atoms with E-state index >= 15 is 0 Å². The molecule has 1 aromatic rings. The molecule has 2 aliphatic heterocycles. The van der Waals surface area contributed by atoms with Crippen LogP contribution in [0.5, 0.6) is 0 Å². The first kappa shape index (κ1) is 8.05. The molecule has 0 saturated carbocycles. The van der Waals surface area contributed by atoms with Gasteiger partial charge in [-0.1, -0.05) is 11.6 Å². The Morgan fingerprint density at radius 1 is 1.43 bits per heavy atom. The van der Waals surface area contributed by atoms with E-state index in [1.54, 1.807) is 0 Å². The minimum absolute atomic E-state index is 0.525. The zero-order valence-corrected chi connectivity index (χ0v) is 8.01. The van der Waals surface area contributed by atoms with Crippen molar-refractivity contribution in [3.8, 4) is 0 Å². The molecule has 1 aromatic heterocycles. The van der Waals surface area contributed by atoms with Crippen molar-refractivity contribution >= 4 is 5.82 Å². The fourth-order valence-electron chi connectivity index (χ4n) is 2.28. The zero-order valence-electron chi connectivity index (χ0n) is 8.01. The maximum absolute atomic E-state index is 4.05. The average Bonchev–Trinajstić information content (AvgIpc) is 2.79. The molecular weight excluding hydrogens is 176 g/mol. The Labute approximate surface area is 82.8 Å². The molecule has 3 N–H and O–H groups in total. The summed E-state index contributed by atoms with van der Waals surface area (Å²) in [7, 11) is 0. The number of rotatable bonds is 1. The Hall–Kier alpha value is -1.29. The molecule has 0 aromatic carbocycles. The monoisotopic (exact) mass is 190 g/mol. The van der Waals surface area contributed by atoms with E-state index in [1.165, 1.54) is 11.1 Å². The van der Waals surface area contributed by atoms with Crippen LogP contribution >= 0.6 is 0 Å². The fraction of sp³-hybridized carbons (Fsp3) is 0.500. The molecule has 14 heavy (non-hydrogen) atoms. The third kappa shape index (κ3) is 1.14. The van der Waals surface area contributed by atoms with E-state index in [4.69, 9.17) is 0 Å². The summed E-state index contributed by atoms with van der Waals surface area (Å²) in [6, 6.07) is 0. The number of fused-ring (bicyclic) bond motifs is 1. The molecule has 0 aliphatic carbocycles. The first-order valence-corrected chi connectivity index (χ1v) is 5.12. The summed E-state index contributed by atoms with van der Waals surface area (Å²) in [6.45, 7) is 3.15. The van der Waals surface area contributed by atoms with Gasteiger partial charge in [0.15, 0.2) is 0 Å². The largest absolute Gasteiger partial charge is 0.369 e. The van der Waals surface area contributed by atoms with Crippen LogP contribution < -0.4 is 10.6 Å². The van der Waals surface area contributed by atoms with Crippen molar-refractivity contribution in [1.29, 1.82) is 0 Å². The zero-order chi connectivity index (χ0) is 9.38. The van der Waals surface area contributed by atoms with Crippen LogP contribution in [-0.4, -0.2) is 29.8 Å². The smallest absolute Gasteiger partial charge is 0.125 e. The van der Waals surface area contributed by atoms with E-state index in [9.17, 15) is 0 Å². The van der Waals surface area contributed by atoms with Gasteiger partial charge in [-0.15, -0.1) is 0 Å². The van der Waals surface area contributed by atoms with Gasteiger partial charge in [-0.2, -0.15) is 5.10 Å². The molecule has 2 aliphatic rings. The minimum Gasteiger partial charge on any atom is -0.369 e. The summed E-state index contributed by atoms with van der Waals surface area (Å²) in [5.74, 6) is 1.62. The van der Waals surface area contributed by atoms with Crippen molar-refractivity contribution in [3.05, 3.63) is 23.4 Å². The summed E-state index contributed by atoms with van der Waals surface area (Å²) >= 11 is 0. The molecule has 74 valence electrons. The quantitative estimate of drug-likeness (QED) is 0.575. The van der Waals surface area contributed by atoms with Crippen molar-refractivity contribution in [2.45, 2.75) is 12.3 Å². The molecule has 0 spiro atoms. The summed E-state index contributed by atoms with van der Waals surface area (Å²) in [5.41, 5.74) is 2.82. The van der Waals surface area contributed by atoms with Gasteiger partial charge < -0.3 is 10.6 Å². The van der Waals surface area contributed by atoms with Crippen LogP contribution in [0.1, 0.15) is 17.9 Å². The van der Waals surface area contributed by atoms with Gasteiger partial charge in [0.1, 0.15) is 5.82 Å². The molecule has 4 heteroatoms. The SMILES string of the molecule is C1=C(C2CNc3[nH]ncc32)CNCC1. The van der Waals surface area contributed by atoms with Crippen LogP contribution in [0.4, 0.5) is 5.82 Å². The molecule has 1 unspecified atom stereocenters. The molecule has 4 nitrogen and oxygen atoms in total. The van der Waals surface area contributed by atoms with Gasteiger partial charge in [-0.05, 0) is 13.0 Å². The van der Waals surface area contributed by atoms with Gasteiger partial charge in [0.05, 0.1) is 6.20 Å². The van der Waals surface area contributed by atoms with Crippen LogP contribution in [0.25, 0.3) is 0 Å². The molecule has 3 rings (SSSR count). The van der Waals surface area contributed by atoms with Crippen molar-refractivity contribution in [3.63, 3.8) is 0 Å². The molecule has 0 amide bonds. The van der Waals surface area contributed by atoms with Crippen LogP contribution in [0.15, 0.2) is 17.8 Å². The first-order valence-electron chi connectivity index (χ1n) is 5.12. The normalized spacial score (nSPS) is 25.4. The topological polar surface area (TPSA) is 52.7 Å². The second-order valence-electron chi connectivity index (χ2n) is 3.88. The third-order valence-corrected chi connectivity index (χ3v) is 3.03. The summed E-state index contributed by atoms with van der Waals surface area (Å²) in [6.07, 6.45) is 5.46. The molecule has 0 radical (unpaired) electrons. The first-order chi connectivity index (χ1) is 6.95. The highest BCUT2D eigenvalue weighted by Gasteiger charge is 2.27. The number of hydrogen-bond acceptors (Lipinski definition) is 3. The lowest BCUT2D eigenvalue weighted by Gasteiger charge is -2.19. The summed E-state index contributed by atoms with van der Waals surface area (Å²) < 4.78 is 0. The van der Waals surface area contributed by atoms with Gasteiger partial charge in [0.2, 0.25) is 0 Å². The molecule has 3 heterocycles. The molecular formula is C10H14N4. The van der Waals surface area contributed by atoms with Gasteiger partial charge in [0, 0.05) is 24.6 Å². The van der Waals surface area contributed by atoms with Crippen molar-refractivity contribution in [2.75, 3.05) is 25.0 Å². The van der Waals surface area contributed by atoms with E-state index in [2.05, 4.69) is 26.9 Å². The number of H-pyrrole nitrogens is 1. The van der Waals surface area contributed by atoms with Crippen molar-refractivity contribution in [1.82, 2.24) is 15.5 Å². The molecule has 1 atom stereocenters. The lowest BCUT2D eigenvalue weighted by Crippen LogP contribution is -2.25. The second kappa shape index (κ2) is 3.13. The highest BCUT2D eigenvalue weighted by Crippen LogP contribution is 2.34. The third-order valence-electron chi connectivity index (χ3n) is 3.03. The van der Waals surface area contributed by atoms with Crippen LogP contribution in [0.2, 0.25) is 0 Å². The lowest BCUT2D eigenvalue weighted by molar-refractivity contribution is 0.661. The highest BCUT2D eigenvalue weighted by molar-refractivity contribution is 5.54. The maximum atomic E-state index is 4.05. The molecule has 0 bridgehead atoms. The van der Waals surface area contributed by atoms with Crippen molar-refractivity contribution < 1.29 is 0 Å². The predicted octanol–water partition coefficient (Wildman–Crippen LogP) is 0.838. The number of anilines is 1. The Bertz CT molecular complexity index is 366. The van der Waals surface area contributed by atoms with Crippen LogP contribution in [-0.2, 0) is 0 Å². The van der Waals surface area contributed by atoms with E-state index in [0.717, 1.165) is 31.9 Å². The van der Waals surface area contributed by atoms with Crippen molar-refractivity contribution in [2.24, 2.45) is 0 Å². The van der Waals surface area contributed by atoms with E-state index in [1.807, 2.05) is 6.20 Å². The van der Waals surface area contributed by atoms with Gasteiger partial charge in [0.25, 0.3) is 0 Å². The average molecular weight is 190 g/mol. The Kier molecular flexibility index (Phi) is 1.80. The van der Waals surface area contributed by atoms with E-state index in [-0.39, 0.29) is 0 Å². The molecule has 0 saturated heterocycles. The highest BCUT2D eigenvalue weighted by atomic mass is 15.2. The second-order valence-corrected chi connectivity index (χ2v) is 3.88. The van der Waals surface area contributed by atoms with Gasteiger partial charge >= 0.3 is 0 Å². The summed E-state index contributed by atoms with van der Waals surface area (Å²) in [4.78, 5) is 0. The van der Waals surface area contributed by atoms with Crippen LogP contribution in [0, 0.1) is 0 Å². The Morgan fingerprint density at radius 2 is 2.43 bits per heavy atom.